The smallest absolute Gasteiger partial charge is 0.217 e. The molecule has 1 aromatic rings. The normalized spacial score (nSPS) is 22.9. The van der Waals surface area contributed by atoms with Gasteiger partial charge in [-0.05, 0) is 30.0 Å². The van der Waals surface area contributed by atoms with Gasteiger partial charge in [-0.15, -0.1) is 0 Å². The Bertz CT molecular complexity index is 587. The fraction of sp³-hybridized carbons (Fsp3) is 0.357. The number of carbonyl (C=O) groups is 1. The summed E-state index contributed by atoms with van der Waals surface area (Å²) in [6.45, 7) is 2.86. The Morgan fingerprint density at radius 2 is 2.14 bits per heavy atom. The van der Waals surface area contributed by atoms with E-state index in [-0.39, 0.29) is 5.12 Å². The van der Waals surface area contributed by atoms with Crippen molar-refractivity contribution in [3.8, 4) is 0 Å². The van der Waals surface area contributed by atoms with Crippen molar-refractivity contribution in [3.05, 3.63) is 40.0 Å². The fourth-order valence-electron chi connectivity index (χ4n) is 2.32. The highest BCUT2D eigenvalue weighted by molar-refractivity contribution is 8.17. The van der Waals surface area contributed by atoms with Crippen LogP contribution in [-0.2, 0) is 9.53 Å². The number of thioether (sulfide) groups is 1. The first-order valence-electron chi connectivity index (χ1n) is 6.72. The number of ether oxygens (including phenoxy) is 1. The van der Waals surface area contributed by atoms with E-state index in [4.69, 9.17) is 22.1 Å². The fourth-order valence-corrected chi connectivity index (χ4v) is 3.54. The average molecular weight is 326 g/mol. The van der Waals surface area contributed by atoms with Crippen LogP contribution >= 0.6 is 23.4 Å². The molecule has 3 N–H and O–H groups in total. The van der Waals surface area contributed by atoms with Gasteiger partial charge in [-0.3, -0.25) is 4.79 Å². The Kier molecular flexibility index (Phi) is 4.40. The second kappa shape index (κ2) is 6.27. The van der Waals surface area contributed by atoms with Crippen molar-refractivity contribution in [2.24, 2.45) is 5.73 Å². The molecule has 0 bridgehead atoms. The lowest BCUT2D eigenvalue weighted by Gasteiger charge is -2.30. The van der Waals surface area contributed by atoms with Crippen molar-refractivity contribution in [1.82, 2.24) is 4.90 Å². The SMILES string of the molecule is NC1C(=O)SC(N2CCOCC2)=C1Nc1cccc(Cl)c1. The quantitative estimate of drug-likeness (QED) is 0.884. The summed E-state index contributed by atoms with van der Waals surface area (Å²) in [5, 5.41) is 4.75. The molecule has 1 aromatic carbocycles. The number of benzene rings is 1. The molecule has 0 radical (unpaired) electrons. The van der Waals surface area contributed by atoms with Gasteiger partial charge in [-0.25, -0.2) is 0 Å². The largest absolute Gasteiger partial charge is 0.378 e. The van der Waals surface area contributed by atoms with E-state index in [1.165, 1.54) is 11.8 Å². The maximum Gasteiger partial charge on any atom is 0.217 e. The van der Waals surface area contributed by atoms with Crippen molar-refractivity contribution >= 4 is 34.2 Å². The highest BCUT2D eigenvalue weighted by Gasteiger charge is 2.35. The molecule has 0 aromatic heterocycles. The zero-order chi connectivity index (χ0) is 14.8. The Morgan fingerprint density at radius 1 is 1.38 bits per heavy atom. The summed E-state index contributed by atoms with van der Waals surface area (Å²) < 4.78 is 5.35. The third-order valence-corrected chi connectivity index (χ3v) is 4.76. The highest BCUT2D eigenvalue weighted by atomic mass is 35.5. The van der Waals surface area contributed by atoms with Gasteiger partial charge >= 0.3 is 0 Å². The number of rotatable bonds is 3. The lowest BCUT2D eigenvalue weighted by molar-refractivity contribution is -0.111. The Morgan fingerprint density at radius 3 is 2.86 bits per heavy atom. The van der Waals surface area contributed by atoms with Crippen molar-refractivity contribution in [2.45, 2.75) is 6.04 Å². The third-order valence-electron chi connectivity index (χ3n) is 3.39. The van der Waals surface area contributed by atoms with Crippen LogP contribution in [-0.4, -0.2) is 42.4 Å². The van der Waals surface area contributed by atoms with Gasteiger partial charge in [0.2, 0.25) is 5.12 Å². The van der Waals surface area contributed by atoms with E-state index in [2.05, 4.69) is 10.2 Å². The zero-order valence-electron chi connectivity index (χ0n) is 11.3. The molecule has 0 saturated carbocycles. The molecular formula is C14H16ClN3O2S. The molecular weight excluding hydrogens is 310 g/mol. The van der Waals surface area contributed by atoms with E-state index >= 15 is 0 Å². The van der Waals surface area contributed by atoms with Crippen molar-refractivity contribution < 1.29 is 9.53 Å². The van der Waals surface area contributed by atoms with Gasteiger partial charge in [0, 0.05) is 23.8 Å². The molecule has 2 heterocycles. The van der Waals surface area contributed by atoms with Crippen LogP contribution in [0.25, 0.3) is 0 Å². The van der Waals surface area contributed by atoms with Gasteiger partial charge in [0.15, 0.2) is 0 Å². The van der Waals surface area contributed by atoms with Gasteiger partial charge in [0.05, 0.1) is 18.9 Å². The van der Waals surface area contributed by atoms with Crippen molar-refractivity contribution in [2.75, 3.05) is 31.6 Å². The first-order chi connectivity index (χ1) is 10.1. The standard InChI is InChI=1S/C14H16ClN3O2S/c15-9-2-1-3-10(8-9)17-12-11(16)14(19)21-13(12)18-4-6-20-7-5-18/h1-3,8,11,17H,4-7,16H2. The molecule has 2 aliphatic rings. The third kappa shape index (κ3) is 3.18. The zero-order valence-corrected chi connectivity index (χ0v) is 12.9. The number of nitrogens with one attached hydrogen (secondary N) is 1. The molecule has 0 amide bonds. The van der Waals surface area contributed by atoms with Crippen LogP contribution in [0.15, 0.2) is 35.0 Å². The Balaban J connectivity index is 1.88. The predicted molar refractivity (Wildman–Crippen MR) is 85.1 cm³/mol. The minimum absolute atomic E-state index is 0.0407. The van der Waals surface area contributed by atoms with E-state index < -0.39 is 6.04 Å². The summed E-state index contributed by atoms with van der Waals surface area (Å²) in [6.07, 6.45) is 0. The first kappa shape index (κ1) is 14.7. The van der Waals surface area contributed by atoms with Crippen LogP contribution < -0.4 is 11.1 Å². The summed E-state index contributed by atoms with van der Waals surface area (Å²) in [5.74, 6) is 0. The van der Waals surface area contributed by atoms with Crippen LogP contribution in [0.5, 0.6) is 0 Å². The summed E-state index contributed by atoms with van der Waals surface area (Å²) in [7, 11) is 0. The van der Waals surface area contributed by atoms with Gasteiger partial charge in [-0.2, -0.15) is 0 Å². The molecule has 21 heavy (non-hydrogen) atoms. The maximum atomic E-state index is 12.0. The van der Waals surface area contributed by atoms with Gasteiger partial charge in [-0.1, -0.05) is 17.7 Å². The molecule has 5 nitrogen and oxygen atoms in total. The second-order valence-corrected chi connectivity index (χ2v) is 6.28. The van der Waals surface area contributed by atoms with Crippen LogP contribution in [0.1, 0.15) is 0 Å². The predicted octanol–water partition coefficient (Wildman–Crippen LogP) is 1.85. The molecule has 112 valence electrons. The Hall–Kier alpha value is -1.21. The highest BCUT2D eigenvalue weighted by Crippen LogP contribution is 2.35. The number of anilines is 1. The molecule has 0 aliphatic carbocycles. The lowest BCUT2D eigenvalue weighted by atomic mass is 10.2. The topological polar surface area (TPSA) is 67.6 Å². The van der Waals surface area contributed by atoms with Crippen LogP contribution in [0.2, 0.25) is 5.02 Å². The van der Waals surface area contributed by atoms with Gasteiger partial charge < -0.3 is 20.7 Å². The van der Waals surface area contributed by atoms with E-state index in [1.54, 1.807) is 6.07 Å². The maximum absolute atomic E-state index is 12.0. The van der Waals surface area contributed by atoms with E-state index in [9.17, 15) is 4.79 Å². The first-order valence-corrected chi connectivity index (χ1v) is 7.91. The number of hydrogen-bond donors (Lipinski definition) is 2. The minimum Gasteiger partial charge on any atom is -0.378 e. The van der Waals surface area contributed by atoms with Crippen molar-refractivity contribution in [1.29, 1.82) is 0 Å². The summed E-state index contributed by atoms with van der Waals surface area (Å²) in [6, 6.07) is 6.74. The summed E-state index contributed by atoms with van der Waals surface area (Å²) in [5.41, 5.74) is 7.60. The van der Waals surface area contributed by atoms with Crippen LogP contribution in [0.4, 0.5) is 5.69 Å². The molecule has 0 spiro atoms. The van der Waals surface area contributed by atoms with Crippen LogP contribution in [0.3, 0.4) is 0 Å². The second-order valence-electron chi connectivity index (χ2n) is 4.85. The Labute approximate surface area is 132 Å². The van der Waals surface area contributed by atoms with Gasteiger partial charge in [0.1, 0.15) is 11.1 Å². The molecule has 7 heteroatoms. The number of nitrogens with zero attached hydrogens (tertiary/aromatic N) is 1. The number of nitrogens with two attached hydrogens (primary N) is 1. The molecule has 3 rings (SSSR count). The lowest BCUT2D eigenvalue weighted by Crippen LogP contribution is -2.36. The van der Waals surface area contributed by atoms with E-state index in [1.807, 2.05) is 18.2 Å². The molecule has 1 saturated heterocycles. The van der Waals surface area contributed by atoms with Crippen LogP contribution in [0, 0.1) is 0 Å². The van der Waals surface area contributed by atoms with Gasteiger partial charge in [0.25, 0.3) is 0 Å². The molecule has 1 fully saturated rings. The molecule has 2 aliphatic heterocycles. The summed E-state index contributed by atoms with van der Waals surface area (Å²) >= 11 is 7.20. The number of carbonyl (C=O) groups excluding carboxylic acids is 1. The number of hydrogen-bond acceptors (Lipinski definition) is 6. The van der Waals surface area contributed by atoms with E-state index in [0.29, 0.717) is 18.2 Å². The number of halogens is 1. The van der Waals surface area contributed by atoms with Crippen molar-refractivity contribution in [3.63, 3.8) is 0 Å². The number of morpholine rings is 1. The monoisotopic (exact) mass is 325 g/mol. The van der Waals surface area contributed by atoms with E-state index in [0.717, 1.165) is 29.5 Å². The average Bonchev–Trinajstić information content (AvgIpc) is 2.77. The minimum atomic E-state index is -0.633. The molecule has 1 atom stereocenters. The summed E-state index contributed by atoms with van der Waals surface area (Å²) in [4.78, 5) is 14.1. The molecule has 1 unspecified atom stereocenters.